The summed E-state index contributed by atoms with van der Waals surface area (Å²) >= 11 is 0. The van der Waals surface area contributed by atoms with Crippen molar-refractivity contribution in [2.24, 2.45) is 0 Å². The number of rotatable bonds is 3. The first-order chi connectivity index (χ1) is 9.98. The highest BCUT2D eigenvalue weighted by Gasteiger charge is 2.39. The number of β-amino-alcohol motifs (C(OH)–C–C–N with tert-alkyl or cyclic N) is 1. The SMILES string of the molecule is CN(C)CC1(O)CCN(C(=O)c2cnn3ccccc23)C1. The van der Waals surface area contributed by atoms with Crippen molar-refractivity contribution in [3.8, 4) is 0 Å². The Kier molecular flexibility index (Phi) is 3.43. The summed E-state index contributed by atoms with van der Waals surface area (Å²) in [5.41, 5.74) is 0.567. The molecule has 0 bridgehead atoms. The summed E-state index contributed by atoms with van der Waals surface area (Å²) in [5, 5.41) is 14.7. The van der Waals surface area contributed by atoms with E-state index in [1.165, 1.54) is 0 Å². The van der Waals surface area contributed by atoms with E-state index in [1.807, 2.05) is 43.4 Å². The number of likely N-dealkylation sites (N-methyl/N-ethyl adjacent to an activating group) is 1. The van der Waals surface area contributed by atoms with Crippen LogP contribution in [0.25, 0.3) is 5.52 Å². The first kappa shape index (κ1) is 14.0. The molecule has 6 nitrogen and oxygen atoms in total. The average molecular weight is 288 g/mol. The number of aliphatic hydroxyl groups is 1. The number of carbonyl (C=O) groups excluding carboxylic acids is 1. The lowest BCUT2D eigenvalue weighted by atomic mass is 10.0. The molecule has 2 aromatic heterocycles. The van der Waals surface area contributed by atoms with Gasteiger partial charge in [-0.3, -0.25) is 4.79 Å². The van der Waals surface area contributed by atoms with Gasteiger partial charge < -0.3 is 14.9 Å². The predicted molar refractivity (Wildman–Crippen MR) is 79.2 cm³/mol. The Morgan fingerprint density at radius 2 is 2.29 bits per heavy atom. The second kappa shape index (κ2) is 5.13. The summed E-state index contributed by atoms with van der Waals surface area (Å²) < 4.78 is 1.69. The van der Waals surface area contributed by atoms with Crippen molar-refractivity contribution in [1.29, 1.82) is 0 Å². The average Bonchev–Trinajstić information content (AvgIpc) is 3.01. The number of amides is 1. The fraction of sp³-hybridized carbons (Fsp3) is 0.467. The van der Waals surface area contributed by atoms with Crippen molar-refractivity contribution in [2.75, 3.05) is 33.7 Å². The van der Waals surface area contributed by atoms with Crippen molar-refractivity contribution < 1.29 is 9.90 Å². The van der Waals surface area contributed by atoms with Gasteiger partial charge in [0.25, 0.3) is 5.91 Å². The Balaban J connectivity index is 1.81. The maximum atomic E-state index is 12.6. The standard InChI is InChI=1S/C15H20N4O2/c1-17(2)10-15(21)6-8-18(11-15)14(20)12-9-16-19-7-4-3-5-13(12)19/h3-5,7,9,21H,6,8,10-11H2,1-2H3. The van der Waals surface area contributed by atoms with E-state index in [-0.39, 0.29) is 5.91 Å². The molecule has 2 aromatic rings. The molecule has 0 aliphatic carbocycles. The third kappa shape index (κ3) is 2.64. The number of nitrogens with zero attached hydrogens (tertiary/aromatic N) is 4. The summed E-state index contributed by atoms with van der Waals surface area (Å²) in [6, 6.07) is 5.64. The van der Waals surface area contributed by atoms with E-state index in [0.29, 0.717) is 31.6 Å². The molecular formula is C15H20N4O2. The van der Waals surface area contributed by atoms with Crippen LogP contribution < -0.4 is 0 Å². The van der Waals surface area contributed by atoms with Gasteiger partial charge in [-0.25, -0.2) is 4.52 Å². The second-order valence-corrected chi connectivity index (χ2v) is 6.03. The molecular weight excluding hydrogens is 268 g/mol. The van der Waals surface area contributed by atoms with E-state index in [9.17, 15) is 9.90 Å². The van der Waals surface area contributed by atoms with Gasteiger partial charge in [0.05, 0.1) is 29.4 Å². The number of hydrogen-bond donors (Lipinski definition) is 1. The van der Waals surface area contributed by atoms with Gasteiger partial charge >= 0.3 is 0 Å². The van der Waals surface area contributed by atoms with Gasteiger partial charge in [-0.2, -0.15) is 5.10 Å². The van der Waals surface area contributed by atoms with E-state index >= 15 is 0 Å². The molecule has 6 heteroatoms. The van der Waals surface area contributed by atoms with Crippen LogP contribution in [0.5, 0.6) is 0 Å². The zero-order chi connectivity index (χ0) is 15.0. The van der Waals surface area contributed by atoms with E-state index in [1.54, 1.807) is 15.6 Å². The summed E-state index contributed by atoms with van der Waals surface area (Å²) in [5.74, 6) is -0.0640. The topological polar surface area (TPSA) is 61.1 Å². The van der Waals surface area contributed by atoms with Crippen LogP contribution in [0.2, 0.25) is 0 Å². The Labute approximate surface area is 123 Å². The van der Waals surface area contributed by atoms with Crippen molar-refractivity contribution >= 4 is 11.4 Å². The first-order valence-electron chi connectivity index (χ1n) is 7.07. The van der Waals surface area contributed by atoms with Crippen LogP contribution in [0, 0.1) is 0 Å². The third-order valence-corrected chi connectivity index (χ3v) is 3.89. The number of pyridine rings is 1. The largest absolute Gasteiger partial charge is 0.387 e. The second-order valence-electron chi connectivity index (χ2n) is 6.03. The zero-order valence-corrected chi connectivity index (χ0v) is 12.4. The maximum Gasteiger partial charge on any atom is 0.257 e. The number of fused-ring (bicyclic) bond motifs is 1. The minimum absolute atomic E-state index is 0.0640. The highest BCUT2D eigenvalue weighted by molar-refractivity contribution is 6.00. The number of carbonyl (C=O) groups is 1. The summed E-state index contributed by atoms with van der Waals surface area (Å²) in [6.45, 7) is 1.51. The van der Waals surface area contributed by atoms with Gasteiger partial charge in [-0.1, -0.05) is 6.07 Å². The molecule has 1 aliphatic rings. The fourth-order valence-electron chi connectivity index (χ4n) is 3.02. The number of hydrogen-bond acceptors (Lipinski definition) is 4. The molecule has 0 radical (unpaired) electrons. The highest BCUT2D eigenvalue weighted by Crippen LogP contribution is 2.24. The number of aromatic nitrogens is 2. The predicted octanol–water partition coefficient (Wildman–Crippen LogP) is 0.473. The lowest BCUT2D eigenvalue weighted by molar-refractivity contribution is 0.0236. The lowest BCUT2D eigenvalue weighted by Crippen LogP contribution is -2.43. The first-order valence-corrected chi connectivity index (χ1v) is 7.07. The summed E-state index contributed by atoms with van der Waals surface area (Å²) in [6.07, 6.45) is 4.02. The zero-order valence-electron chi connectivity index (χ0n) is 12.4. The van der Waals surface area contributed by atoms with Crippen LogP contribution in [-0.2, 0) is 0 Å². The van der Waals surface area contributed by atoms with E-state index in [2.05, 4.69) is 5.10 Å². The molecule has 0 spiro atoms. The van der Waals surface area contributed by atoms with E-state index in [4.69, 9.17) is 0 Å². The molecule has 3 rings (SSSR count). The number of likely N-dealkylation sites (tertiary alicyclic amines) is 1. The molecule has 0 aromatic carbocycles. The lowest BCUT2D eigenvalue weighted by Gasteiger charge is -2.26. The molecule has 1 unspecified atom stereocenters. The van der Waals surface area contributed by atoms with Crippen LogP contribution in [0.3, 0.4) is 0 Å². The molecule has 1 saturated heterocycles. The van der Waals surface area contributed by atoms with E-state index in [0.717, 1.165) is 5.52 Å². The van der Waals surface area contributed by atoms with Gasteiger partial charge in [-0.05, 0) is 32.6 Å². The van der Waals surface area contributed by atoms with Crippen LogP contribution in [0.15, 0.2) is 30.6 Å². The van der Waals surface area contributed by atoms with Crippen LogP contribution in [0.4, 0.5) is 0 Å². The maximum absolute atomic E-state index is 12.6. The Hall–Kier alpha value is -1.92. The third-order valence-electron chi connectivity index (χ3n) is 3.89. The Bertz CT molecular complexity index is 666. The van der Waals surface area contributed by atoms with Crippen LogP contribution >= 0.6 is 0 Å². The molecule has 1 aliphatic heterocycles. The summed E-state index contributed by atoms with van der Waals surface area (Å²) in [7, 11) is 3.85. The molecule has 1 atom stereocenters. The smallest absolute Gasteiger partial charge is 0.257 e. The minimum atomic E-state index is -0.817. The normalized spacial score (nSPS) is 22.4. The van der Waals surface area contributed by atoms with Gasteiger partial charge in [0.15, 0.2) is 0 Å². The van der Waals surface area contributed by atoms with Gasteiger partial charge in [0, 0.05) is 19.3 Å². The highest BCUT2D eigenvalue weighted by atomic mass is 16.3. The van der Waals surface area contributed by atoms with Crippen molar-refractivity contribution in [3.63, 3.8) is 0 Å². The summed E-state index contributed by atoms with van der Waals surface area (Å²) in [4.78, 5) is 16.3. The molecule has 1 amide bonds. The van der Waals surface area contributed by atoms with E-state index < -0.39 is 5.60 Å². The molecule has 21 heavy (non-hydrogen) atoms. The van der Waals surface area contributed by atoms with Gasteiger partial charge in [0.2, 0.25) is 0 Å². The Morgan fingerprint density at radius 3 is 3.05 bits per heavy atom. The van der Waals surface area contributed by atoms with Crippen molar-refractivity contribution in [2.45, 2.75) is 12.0 Å². The monoisotopic (exact) mass is 288 g/mol. The molecule has 0 saturated carbocycles. The van der Waals surface area contributed by atoms with Gasteiger partial charge in [0.1, 0.15) is 0 Å². The van der Waals surface area contributed by atoms with Gasteiger partial charge in [-0.15, -0.1) is 0 Å². The Morgan fingerprint density at radius 1 is 1.48 bits per heavy atom. The molecule has 3 heterocycles. The molecule has 112 valence electrons. The van der Waals surface area contributed by atoms with Crippen LogP contribution in [-0.4, -0.2) is 69.8 Å². The quantitative estimate of drug-likeness (QED) is 0.892. The molecule has 1 N–H and O–H groups in total. The van der Waals surface area contributed by atoms with Crippen LogP contribution in [0.1, 0.15) is 16.8 Å². The minimum Gasteiger partial charge on any atom is -0.387 e. The molecule has 1 fully saturated rings. The van der Waals surface area contributed by atoms with Crippen molar-refractivity contribution in [3.05, 3.63) is 36.2 Å². The fourth-order valence-corrected chi connectivity index (χ4v) is 3.02. The van der Waals surface area contributed by atoms with Crippen molar-refractivity contribution in [1.82, 2.24) is 19.4 Å².